The predicted octanol–water partition coefficient (Wildman–Crippen LogP) is 4.95. The van der Waals surface area contributed by atoms with Crippen LogP contribution in [0.1, 0.15) is 39.6 Å². The number of hydrogen-bond acceptors (Lipinski definition) is 6. The van der Waals surface area contributed by atoms with E-state index in [4.69, 9.17) is 9.47 Å². The minimum atomic E-state index is -0.896. The molecule has 1 heterocycles. The smallest absolute Gasteiger partial charge is 0.350 e. The molecule has 0 aliphatic rings. The van der Waals surface area contributed by atoms with Crippen molar-refractivity contribution >= 4 is 23.1 Å². The topological polar surface area (TPSA) is 65.5 Å². The molecule has 144 valence electrons. The number of thiazole rings is 1. The lowest BCUT2D eigenvalue weighted by atomic mass is 10.1. The van der Waals surface area contributed by atoms with Gasteiger partial charge >= 0.3 is 5.97 Å². The maximum atomic E-state index is 12.6. The molecule has 0 N–H and O–H groups in total. The van der Waals surface area contributed by atoms with E-state index in [0.717, 1.165) is 10.6 Å². The Hall–Kier alpha value is -2.99. The van der Waals surface area contributed by atoms with Gasteiger partial charge in [0.05, 0.1) is 12.3 Å². The molecular formula is C22H21NO4S. The SMILES string of the molecule is CCOc1ccc(C(=O)[C@H](C)OC(=O)c2sc(-c3ccccc3)nc2C)cc1. The van der Waals surface area contributed by atoms with Gasteiger partial charge in [-0.05, 0) is 45.0 Å². The van der Waals surface area contributed by atoms with Crippen LogP contribution in [0.3, 0.4) is 0 Å². The van der Waals surface area contributed by atoms with Crippen LogP contribution in [0.25, 0.3) is 10.6 Å². The van der Waals surface area contributed by atoms with Crippen LogP contribution < -0.4 is 4.74 Å². The van der Waals surface area contributed by atoms with E-state index < -0.39 is 12.1 Å². The zero-order valence-corrected chi connectivity index (χ0v) is 16.8. The monoisotopic (exact) mass is 395 g/mol. The van der Waals surface area contributed by atoms with Crippen molar-refractivity contribution in [2.24, 2.45) is 0 Å². The second-order valence-electron chi connectivity index (χ2n) is 6.17. The average molecular weight is 395 g/mol. The van der Waals surface area contributed by atoms with Crippen LogP contribution in [-0.2, 0) is 4.74 Å². The Morgan fingerprint density at radius 3 is 2.39 bits per heavy atom. The van der Waals surface area contributed by atoms with Crippen LogP contribution >= 0.6 is 11.3 Å². The lowest BCUT2D eigenvalue weighted by molar-refractivity contribution is 0.0322. The Labute approximate surface area is 168 Å². The van der Waals surface area contributed by atoms with E-state index in [1.807, 2.05) is 37.3 Å². The number of rotatable bonds is 7. The van der Waals surface area contributed by atoms with Gasteiger partial charge in [0.1, 0.15) is 15.6 Å². The fourth-order valence-electron chi connectivity index (χ4n) is 2.67. The first-order chi connectivity index (χ1) is 13.5. The van der Waals surface area contributed by atoms with Gasteiger partial charge in [-0.2, -0.15) is 0 Å². The highest BCUT2D eigenvalue weighted by molar-refractivity contribution is 7.17. The molecule has 0 amide bonds. The third-order valence-electron chi connectivity index (χ3n) is 4.11. The molecule has 2 aromatic carbocycles. The summed E-state index contributed by atoms with van der Waals surface area (Å²) in [4.78, 5) is 30.0. The van der Waals surface area contributed by atoms with E-state index in [0.29, 0.717) is 28.5 Å². The molecule has 0 saturated carbocycles. The first-order valence-electron chi connectivity index (χ1n) is 9.00. The number of benzene rings is 2. The van der Waals surface area contributed by atoms with Gasteiger partial charge in [-0.3, -0.25) is 4.79 Å². The van der Waals surface area contributed by atoms with Crippen molar-refractivity contribution in [3.63, 3.8) is 0 Å². The molecule has 0 saturated heterocycles. The van der Waals surface area contributed by atoms with Gasteiger partial charge in [0.2, 0.25) is 5.78 Å². The van der Waals surface area contributed by atoms with Gasteiger partial charge < -0.3 is 9.47 Å². The standard InChI is InChI=1S/C22H21NO4S/c1-4-26-18-12-10-16(11-13-18)19(24)15(3)27-22(25)20-14(2)23-21(28-20)17-8-6-5-7-9-17/h5-13,15H,4H2,1-3H3/t15-/m0/s1. The van der Waals surface area contributed by atoms with Crippen LogP contribution in [0.15, 0.2) is 54.6 Å². The molecule has 28 heavy (non-hydrogen) atoms. The Kier molecular flexibility index (Phi) is 6.21. The Morgan fingerprint density at radius 2 is 1.75 bits per heavy atom. The first-order valence-corrected chi connectivity index (χ1v) is 9.82. The fraction of sp³-hybridized carbons (Fsp3) is 0.227. The molecule has 1 aromatic heterocycles. The van der Waals surface area contributed by atoms with E-state index >= 15 is 0 Å². The van der Waals surface area contributed by atoms with Gasteiger partial charge in [0, 0.05) is 11.1 Å². The van der Waals surface area contributed by atoms with E-state index in [1.165, 1.54) is 11.3 Å². The number of Topliss-reactive ketones (excluding diaryl/α,β-unsaturated/α-hetero) is 1. The number of ether oxygens (including phenoxy) is 2. The lowest BCUT2D eigenvalue weighted by Crippen LogP contribution is -2.24. The summed E-state index contributed by atoms with van der Waals surface area (Å²) in [7, 11) is 0. The summed E-state index contributed by atoms with van der Waals surface area (Å²) in [6, 6.07) is 16.4. The summed E-state index contributed by atoms with van der Waals surface area (Å²) in [6.45, 7) is 5.79. The number of nitrogens with zero attached hydrogens (tertiary/aromatic N) is 1. The van der Waals surface area contributed by atoms with Crippen molar-refractivity contribution in [1.82, 2.24) is 4.98 Å². The first kappa shape index (κ1) is 19.8. The van der Waals surface area contributed by atoms with Gasteiger partial charge in [-0.1, -0.05) is 30.3 Å². The minimum absolute atomic E-state index is 0.262. The second-order valence-corrected chi connectivity index (χ2v) is 7.17. The zero-order valence-electron chi connectivity index (χ0n) is 16.0. The molecule has 0 aliphatic heterocycles. The number of esters is 1. The van der Waals surface area contributed by atoms with E-state index in [2.05, 4.69) is 4.98 Å². The summed E-state index contributed by atoms with van der Waals surface area (Å²) in [6.07, 6.45) is -0.896. The molecule has 5 nitrogen and oxygen atoms in total. The largest absolute Gasteiger partial charge is 0.494 e. The summed E-state index contributed by atoms with van der Waals surface area (Å²) >= 11 is 1.26. The van der Waals surface area contributed by atoms with Crippen molar-refractivity contribution in [3.05, 3.63) is 70.7 Å². The van der Waals surface area contributed by atoms with Crippen molar-refractivity contribution in [3.8, 4) is 16.3 Å². The minimum Gasteiger partial charge on any atom is -0.494 e. The van der Waals surface area contributed by atoms with Crippen LogP contribution in [0.2, 0.25) is 0 Å². The van der Waals surface area contributed by atoms with Gasteiger partial charge in [0.15, 0.2) is 6.10 Å². The Morgan fingerprint density at radius 1 is 1.07 bits per heavy atom. The molecule has 0 aliphatic carbocycles. The van der Waals surface area contributed by atoms with Crippen molar-refractivity contribution in [2.75, 3.05) is 6.61 Å². The van der Waals surface area contributed by atoms with E-state index in [9.17, 15) is 9.59 Å². The molecule has 0 fully saturated rings. The molecular weight excluding hydrogens is 374 g/mol. The molecule has 0 radical (unpaired) electrons. The van der Waals surface area contributed by atoms with E-state index in [-0.39, 0.29) is 5.78 Å². The Bertz CT molecular complexity index is 964. The maximum Gasteiger partial charge on any atom is 0.350 e. The third kappa shape index (κ3) is 4.46. The summed E-state index contributed by atoms with van der Waals surface area (Å²) in [5.41, 5.74) is 2.00. The number of carbonyl (C=O) groups excluding carboxylic acids is 2. The second kappa shape index (κ2) is 8.80. The number of aryl methyl sites for hydroxylation is 1. The third-order valence-corrected chi connectivity index (χ3v) is 5.29. The highest BCUT2D eigenvalue weighted by Gasteiger charge is 2.24. The fourth-order valence-corrected chi connectivity index (χ4v) is 3.63. The molecule has 0 spiro atoms. The predicted molar refractivity (Wildman–Crippen MR) is 109 cm³/mol. The number of hydrogen-bond donors (Lipinski definition) is 0. The molecule has 0 unspecified atom stereocenters. The van der Waals surface area contributed by atoms with Crippen LogP contribution in [0.4, 0.5) is 0 Å². The normalized spacial score (nSPS) is 11.7. The quantitative estimate of drug-likeness (QED) is 0.418. The zero-order chi connectivity index (χ0) is 20.1. The van der Waals surface area contributed by atoms with Crippen molar-refractivity contribution in [1.29, 1.82) is 0 Å². The van der Waals surface area contributed by atoms with Gasteiger partial charge in [-0.25, -0.2) is 9.78 Å². The Balaban J connectivity index is 1.70. The highest BCUT2D eigenvalue weighted by Crippen LogP contribution is 2.28. The average Bonchev–Trinajstić information content (AvgIpc) is 3.11. The molecule has 3 rings (SSSR count). The van der Waals surface area contributed by atoms with Gasteiger partial charge in [-0.15, -0.1) is 11.3 Å². The molecule has 1 atom stereocenters. The van der Waals surface area contributed by atoms with Crippen LogP contribution in [0.5, 0.6) is 5.75 Å². The highest BCUT2D eigenvalue weighted by atomic mass is 32.1. The number of ketones is 1. The van der Waals surface area contributed by atoms with Crippen molar-refractivity contribution in [2.45, 2.75) is 26.9 Å². The van der Waals surface area contributed by atoms with Gasteiger partial charge in [0.25, 0.3) is 0 Å². The van der Waals surface area contributed by atoms with E-state index in [1.54, 1.807) is 38.1 Å². The van der Waals surface area contributed by atoms with Crippen LogP contribution in [0, 0.1) is 6.92 Å². The number of aromatic nitrogens is 1. The summed E-state index contributed by atoms with van der Waals surface area (Å²) in [5.74, 6) is -0.108. The lowest BCUT2D eigenvalue weighted by Gasteiger charge is -2.12. The summed E-state index contributed by atoms with van der Waals surface area (Å²) < 4.78 is 10.8. The number of carbonyl (C=O) groups is 2. The molecule has 3 aromatic rings. The summed E-state index contributed by atoms with van der Waals surface area (Å²) in [5, 5.41) is 0.746. The van der Waals surface area contributed by atoms with Crippen molar-refractivity contribution < 1.29 is 19.1 Å². The maximum absolute atomic E-state index is 12.6. The molecule has 0 bridgehead atoms. The molecule has 6 heteroatoms. The van der Waals surface area contributed by atoms with Crippen LogP contribution in [-0.4, -0.2) is 29.4 Å².